The van der Waals surface area contributed by atoms with Crippen molar-refractivity contribution in [2.24, 2.45) is 0 Å². The number of hydrogen-bond acceptors (Lipinski definition) is 3. The number of nitrogens with one attached hydrogen (secondary N) is 1. The summed E-state index contributed by atoms with van der Waals surface area (Å²) in [6, 6.07) is 5.18. The first-order valence-electron chi connectivity index (χ1n) is 5.55. The van der Waals surface area contributed by atoms with Gasteiger partial charge in [0.15, 0.2) is 0 Å². The quantitative estimate of drug-likeness (QED) is 0.840. The molecule has 0 aromatic heterocycles. The summed E-state index contributed by atoms with van der Waals surface area (Å²) in [6.45, 7) is 3.96. The molecule has 1 saturated heterocycles. The topological polar surface area (TPSA) is 52.6 Å². The first-order chi connectivity index (χ1) is 8.08. The van der Waals surface area contributed by atoms with Crippen LogP contribution in [0.15, 0.2) is 18.2 Å². The van der Waals surface area contributed by atoms with Crippen LogP contribution < -0.4 is 10.2 Å². The average molecular weight is 255 g/mol. The van der Waals surface area contributed by atoms with E-state index in [2.05, 4.69) is 10.2 Å². The molecule has 92 valence electrons. The second kappa shape index (κ2) is 4.94. The third kappa shape index (κ3) is 2.70. The van der Waals surface area contributed by atoms with Crippen LogP contribution >= 0.6 is 11.6 Å². The number of carbonyl (C=O) groups is 1. The van der Waals surface area contributed by atoms with Crippen molar-refractivity contribution in [2.75, 3.05) is 24.5 Å². The number of hydrogen-bond donors (Lipinski definition) is 2. The number of carboxylic acid groups (broad SMARTS) is 1. The molecule has 17 heavy (non-hydrogen) atoms. The Kier molecular flexibility index (Phi) is 3.54. The molecular formula is C12H15ClN2O2. The van der Waals surface area contributed by atoms with E-state index in [9.17, 15) is 4.79 Å². The molecule has 1 heterocycles. The van der Waals surface area contributed by atoms with Crippen LogP contribution in [0.1, 0.15) is 5.56 Å². The molecule has 0 spiro atoms. The maximum absolute atomic E-state index is 11.0. The van der Waals surface area contributed by atoms with E-state index in [0.717, 1.165) is 17.8 Å². The van der Waals surface area contributed by atoms with Gasteiger partial charge in [-0.3, -0.25) is 4.79 Å². The molecule has 0 saturated carbocycles. The van der Waals surface area contributed by atoms with Crippen molar-refractivity contribution in [1.82, 2.24) is 5.32 Å². The molecule has 2 rings (SSSR count). The molecule has 0 aliphatic carbocycles. The van der Waals surface area contributed by atoms with E-state index in [-0.39, 0.29) is 0 Å². The molecule has 0 amide bonds. The zero-order valence-electron chi connectivity index (χ0n) is 9.61. The third-order valence-corrected chi connectivity index (χ3v) is 3.21. The van der Waals surface area contributed by atoms with Crippen LogP contribution in [0.2, 0.25) is 5.02 Å². The Morgan fingerprint density at radius 3 is 3.00 bits per heavy atom. The van der Waals surface area contributed by atoms with Crippen LogP contribution in [0.3, 0.4) is 0 Å². The maximum atomic E-state index is 11.0. The van der Waals surface area contributed by atoms with Crippen molar-refractivity contribution in [3.63, 3.8) is 0 Å². The van der Waals surface area contributed by atoms with Crippen molar-refractivity contribution in [3.8, 4) is 0 Å². The zero-order chi connectivity index (χ0) is 12.4. The van der Waals surface area contributed by atoms with Gasteiger partial charge in [0.2, 0.25) is 0 Å². The van der Waals surface area contributed by atoms with E-state index in [4.69, 9.17) is 16.7 Å². The van der Waals surface area contributed by atoms with E-state index in [1.165, 1.54) is 0 Å². The number of halogens is 1. The molecule has 1 aromatic carbocycles. The van der Waals surface area contributed by atoms with Crippen LogP contribution in [0.25, 0.3) is 0 Å². The number of carboxylic acids is 1. The fraction of sp³-hybridized carbons (Fsp3) is 0.417. The van der Waals surface area contributed by atoms with E-state index < -0.39 is 12.0 Å². The van der Waals surface area contributed by atoms with Gasteiger partial charge in [-0.25, -0.2) is 0 Å². The van der Waals surface area contributed by atoms with Crippen molar-refractivity contribution in [3.05, 3.63) is 28.8 Å². The summed E-state index contributed by atoms with van der Waals surface area (Å²) in [5.41, 5.74) is 2.13. The predicted octanol–water partition coefficient (Wildman–Crippen LogP) is 1.51. The van der Waals surface area contributed by atoms with E-state index in [0.29, 0.717) is 18.1 Å². The summed E-state index contributed by atoms with van der Waals surface area (Å²) in [4.78, 5) is 13.0. The fourth-order valence-electron chi connectivity index (χ4n) is 2.11. The standard InChI is InChI=1S/C12H15ClN2O2/c1-8-6-9(13)2-3-11(8)15-5-4-14-10(7-15)12(16)17/h2-3,6,10,14H,4-5,7H2,1H3,(H,16,17). The second-order valence-electron chi connectivity index (χ2n) is 4.22. The lowest BCUT2D eigenvalue weighted by Gasteiger charge is -2.34. The van der Waals surface area contributed by atoms with Gasteiger partial charge in [0.1, 0.15) is 6.04 Å². The summed E-state index contributed by atoms with van der Waals surface area (Å²) < 4.78 is 0. The van der Waals surface area contributed by atoms with E-state index in [1.807, 2.05) is 25.1 Å². The highest BCUT2D eigenvalue weighted by Gasteiger charge is 2.25. The highest BCUT2D eigenvalue weighted by Crippen LogP contribution is 2.24. The lowest BCUT2D eigenvalue weighted by Crippen LogP contribution is -2.54. The monoisotopic (exact) mass is 254 g/mol. The summed E-state index contributed by atoms with van der Waals surface area (Å²) in [5, 5.41) is 12.7. The van der Waals surface area contributed by atoms with Gasteiger partial charge in [-0.1, -0.05) is 11.6 Å². The molecule has 1 aliphatic rings. The van der Waals surface area contributed by atoms with Crippen LogP contribution in [0.5, 0.6) is 0 Å². The molecule has 0 radical (unpaired) electrons. The first-order valence-corrected chi connectivity index (χ1v) is 5.93. The van der Waals surface area contributed by atoms with Crippen molar-refractivity contribution >= 4 is 23.3 Å². The molecule has 1 aromatic rings. The van der Waals surface area contributed by atoms with Crippen LogP contribution in [-0.4, -0.2) is 36.8 Å². The number of nitrogens with zero attached hydrogens (tertiary/aromatic N) is 1. The Hall–Kier alpha value is -1.26. The normalized spacial score (nSPS) is 20.4. The zero-order valence-corrected chi connectivity index (χ0v) is 10.4. The number of aliphatic carboxylic acids is 1. The molecule has 1 fully saturated rings. The van der Waals surface area contributed by atoms with Gasteiger partial charge >= 0.3 is 5.97 Å². The molecule has 1 aliphatic heterocycles. The third-order valence-electron chi connectivity index (χ3n) is 2.97. The van der Waals surface area contributed by atoms with Gasteiger partial charge < -0.3 is 15.3 Å². The highest BCUT2D eigenvalue weighted by molar-refractivity contribution is 6.30. The summed E-state index contributed by atoms with van der Waals surface area (Å²) >= 11 is 5.91. The smallest absolute Gasteiger partial charge is 0.322 e. The van der Waals surface area contributed by atoms with Gasteiger partial charge in [0.05, 0.1) is 0 Å². The molecule has 2 N–H and O–H groups in total. The minimum atomic E-state index is -0.804. The number of rotatable bonds is 2. The predicted molar refractivity (Wildman–Crippen MR) is 67.8 cm³/mol. The van der Waals surface area contributed by atoms with Crippen LogP contribution in [0, 0.1) is 6.92 Å². The van der Waals surface area contributed by atoms with Gasteiger partial charge in [0, 0.05) is 30.3 Å². The Bertz CT molecular complexity index is 437. The van der Waals surface area contributed by atoms with Crippen molar-refractivity contribution in [2.45, 2.75) is 13.0 Å². The Labute approximate surface area is 105 Å². The molecule has 1 atom stereocenters. The molecular weight excluding hydrogens is 240 g/mol. The summed E-state index contributed by atoms with van der Waals surface area (Å²) in [5.74, 6) is -0.804. The van der Waals surface area contributed by atoms with E-state index >= 15 is 0 Å². The Balaban J connectivity index is 2.19. The molecule has 5 heteroatoms. The minimum Gasteiger partial charge on any atom is -0.480 e. The second-order valence-corrected chi connectivity index (χ2v) is 4.66. The summed E-state index contributed by atoms with van der Waals surface area (Å²) in [7, 11) is 0. The minimum absolute atomic E-state index is 0.484. The number of piperazine rings is 1. The summed E-state index contributed by atoms with van der Waals surface area (Å²) in [6.07, 6.45) is 0. The van der Waals surface area contributed by atoms with E-state index in [1.54, 1.807) is 0 Å². The molecule has 4 nitrogen and oxygen atoms in total. The Morgan fingerprint density at radius 1 is 1.59 bits per heavy atom. The lowest BCUT2D eigenvalue weighted by atomic mass is 10.1. The van der Waals surface area contributed by atoms with Crippen molar-refractivity contribution < 1.29 is 9.90 Å². The fourth-order valence-corrected chi connectivity index (χ4v) is 2.33. The first kappa shape index (κ1) is 12.2. The Morgan fingerprint density at radius 2 is 2.35 bits per heavy atom. The van der Waals surface area contributed by atoms with Gasteiger partial charge in [-0.15, -0.1) is 0 Å². The SMILES string of the molecule is Cc1cc(Cl)ccc1N1CCNC(C(=O)O)C1. The molecule has 1 unspecified atom stereocenters. The lowest BCUT2D eigenvalue weighted by molar-refractivity contribution is -0.139. The van der Waals surface area contributed by atoms with Gasteiger partial charge in [-0.2, -0.15) is 0 Å². The average Bonchev–Trinajstić information content (AvgIpc) is 2.29. The highest BCUT2D eigenvalue weighted by atomic mass is 35.5. The largest absolute Gasteiger partial charge is 0.480 e. The maximum Gasteiger partial charge on any atom is 0.322 e. The number of anilines is 1. The number of aryl methyl sites for hydroxylation is 1. The van der Waals surface area contributed by atoms with Crippen LogP contribution in [0.4, 0.5) is 5.69 Å². The van der Waals surface area contributed by atoms with Gasteiger partial charge in [-0.05, 0) is 30.7 Å². The van der Waals surface area contributed by atoms with Gasteiger partial charge in [0.25, 0.3) is 0 Å². The number of benzene rings is 1. The molecule has 0 bridgehead atoms. The van der Waals surface area contributed by atoms with Crippen molar-refractivity contribution in [1.29, 1.82) is 0 Å². The van der Waals surface area contributed by atoms with Crippen LogP contribution in [-0.2, 0) is 4.79 Å².